The number of alkyl halides is 3. The average Bonchev–Trinajstić information content (AvgIpc) is 2.62. The molecule has 1 aromatic rings. The highest BCUT2D eigenvalue weighted by Crippen LogP contribution is 2.23. The predicted octanol–water partition coefficient (Wildman–Crippen LogP) is 2.62. The number of thiazole rings is 1. The molecule has 0 fully saturated rings. The Morgan fingerprint density at radius 2 is 2.27 bits per heavy atom. The van der Waals surface area contributed by atoms with Crippen LogP contribution in [0, 0.1) is 0 Å². The zero-order valence-corrected chi connectivity index (χ0v) is 9.16. The molecule has 2 nitrogen and oxygen atoms in total. The smallest absolute Gasteiger partial charge is 0.306 e. The molecule has 0 spiro atoms. The summed E-state index contributed by atoms with van der Waals surface area (Å²) in [5.74, 6) is 0. The number of rotatable bonds is 5. The van der Waals surface area contributed by atoms with Crippen LogP contribution < -0.4 is 5.32 Å². The van der Waals surface area contributed by atoms with Crippen LogP contribution in [0.15, 0.2) is 11.6 Å². The highest BCUT2D eigenvalue weighted by molar-refractivity contribution is 7.09. The predicted molar refractivity (Wildman–Crippen MR) is 54.0 cm³/mol. The number of nitrogens with one attached hydrogen (secondary N) is 1. The van der Waals surface area contributed by atoms with Crippen molar-refractivity contribution in [1.29, 1.82) is 0 Å². The molecule has 86 valence electrons. The van der Waals surface area contributed by atoms with Gasteiger partial charge in [-0.2, -0.15) is 13.2 Å². The second kappa shape index (κ2) is 5.46. The summed E-state index contributed by atoms with van der Waals surface area (Å²) in [6.45, 7) is 2.21. The summed E-state index contributed by atoms with van der Waals surface area (Å²) in [5, 5.41) is 4.69. The number of hydrogen-bond acceptors (Lipinski definition) is 3. The van der Waals surface area contributed by atoms with Crippen molar-refractivity contribution in [3.05, 3.63) is 16.6 Å². The molecule has 1 unspecified atom stereocenters. The molecule has 0 saturated heterocycles. The van der Waals surface area contributed by atoms with E-state index in [1.807, 2.05) is 6.92 Å². The fourth-order valence-corrected chi connectivity index (χ4v) is 1.81. The molecule has 1 atom stereocenters. The summed E-state index contributed by atoms with van der Waals surface area (Å²) in [7, 11) is 0. The lowest BCUT2D eigenvalue weighted by Gasteiger charge is -2.20. The van der Waals surface area contributed by atoms with Gasteiger partial charge in [0.2, 0.25) is 0 Å². The number of halogens is 3. The van der Waals surface area contributed by atoms with Gasteiger partial charge in [0, 0.05) is 18.0 Å². The highest BCUT2D eigenvalue weighted by Gasteiger charge is 2.39. The van der Waals surface area contributed by atoms with E-state index < -0.39 is 12.2 Å². The SMILES string of the molecule is CCCNC(Cc1nccs1)C(F)(F)F. The number of hydrogen-bond donors (Lipinski definition) is 1. The van der Waals surface area contributed by atoms with Gasteiger partial charge in [0.05, 0.1) is 5.01 Å². The van der Waals surface area contributed by atoms with Gasteiger partial charge < -0.3 is 5.32 Å². The Morgan fingerprint density at radius 1 is 1.53 bits per heavy atom. The molecule has 6 heteroatoms. The van der Waals surface area contributed by atoms with E-state index in [-0.39, 0.29) is 6.42 Å². The van der Waals surface area contributed by atoms with Crippen molar-refractivity contribution in [2.75, 3.05) is 6.54 Å². The van der Waals surface area contributed by atoms with Crippen LogP contribution in [0.1, 0.15) is 18.4 Å². The Balaban J connectivity index is 2.57. The Morgan fingerprint density at radius 3 is 2.73 bits per heavy atom. The van der Waals surface area contributed by atoms with Crippen LogP contribution in [0.5, 0.6) is 0 Å². The summed E-state index contributed by atoms with van der Waals surface area (Å²) in [6.07, 6.45) is -2.08. The van der Waals surface area contributed by atoms with E-state index in [0.717, 1.165) is 0 Å². The van der Waals surface area contributed by atoms with E-state index in [9.17, 15) is 13.2 Å². The topological polar surface area (TPSA) is 24.9 Å². The van der Waals surface area contributed by atoms with Crippen molar-refractivity contribution in [2.45, 2.75) is 32.0 Å². The van der Waals surface area contributed by atoms with Crippen molar-refractivity contribution in [2.24, 2.45) is 0 Å². The van der Waals surface area contributed by atoms with Crippen LogP contribution in [0.25, 0.3) is 0 Å². The van der Waals surface area contributed by atoms with Gasteiger partial charge >= 0.3 is 6.18 Å². The summed E-state index contributed by atoms with van der Waals surface area (Å²) >= 11 is 1.25. The molecular formula is C9H13F3N2S. The van der Waals surface area contributed by atoms with Gasteiger partial charge in [-0.05, 0) is 13.0 Å². The van der Waals surface area contributed by atoms with Crippen LogP contribution in [0.4, 0.5) is 13.2 Å². The van der Waals surface area contributed by atoms with E-state index in [1.54, 1.807) is 5.38 Å². The summed E-state index contributed by atoms with van der Waals surface area (Å²) in [5.41, 5.74) is 0. The lowest BCUT2D eigenvalue weighted by atomic mass is 10.2. The molecule has 1 heterocycles. The van der Waals surface area contributed by atoms with Gasteiger partial charge in [0.1, 0.15) is 6.04 Å². The monoisotopic (exact) mass is 238 g/mol. The standard InChI is InChI=1S/C9H13F3N2S/c1-2-3-13-7(9(10,11)12)6-8-14-4-5-15-8/h4-5,7,13H,2-3,6H2,1H3. The summed E-state index contributed by atoms with van der Waals surface area (Å²) in [6, 6.07) is -1.48. The normalized spacial score (nSPS) is 14.1. The first-order valence-corrected chi connectivity index (χ1v) is 5.60. The third kappa shape index (κ3) is 4.17. The van der Waals surface area contributed by atoms with Crippen molar-refractivity contribution in [3.63, 3.8) is 0 Å². The molecule has 0 aromatic carbocycles. The maximum absolute atomic E-state index is 12.5. The first-order valence-electron chi connectivity index (χ1n) is 4.72. The molecule has 0 aliphatic rings. The minimum Gasteiger partial charge on any atom is -0.306 e. The molecule has 0 aliphatic heterocycles. The van der Waals surface area contributed by atoms with Gasteiger partial charge in [-0.25, -0.2) is 4.98 Å². The average molecular weight is 238 g/mol. The summed E-state index contributed by atoms with van der Waals surface area (Å²) in [4.78, 5) is 3.86. The van der Waals surface area contributed by atoms with Crippen molar-refractivity contribution in [3.8, 4) is 0 Å². The Kier molecular flexibility index (Phi) is 4.53. The zero-order valence-electron chi connectivity index (χ0n) is 8.34. The van der Waals surface area contributed by atoms with Crippen LogP contribution in [-0.4, -0.2) is 23.7 Å². The summed E-state index contributed by atoms with van der Waals surface area (Å²) < 4.78 is 37.6. The van der Waals surface area contributed by atoms with Crippen molar-refractivity contribution >= 4 is 11.3 Å². The quantitative estimate of drug-likeness (QED) is 0.853. The van der Waals surface area contributed by atoms with E-state index in [1.165, 1.54) is 17.5 Å². The molecule has 1 N–H and O–H groups in total. The fraction of sp³-hybridized carbons (Fsp3) is 0.667. The van der Waals surface area contributed by atoms with Crippen LogP contribution in [-0.2, 0) is 6.42 Å². The van der Waals surface area contributed by atoms with Crippen molar-refractivity contribution < 1.29 is 13.2 Å². The largest absolute Gasteiger partial charge is 0.404 e. The second-order valence-corrected chi connectivity index (χ2v) is 4.16. The molecule has 0 amide bonds. The first kappa shape index (κ1) is 12.4. The first-order chi connectivity index (χ1) is 7.04. The fourth-order valence-electron chi connectivity index (χ4n) is 1.15. The molecule has 0 saturated carbocycles. The third-order valence-corrected chi connectivity index (χ3v) is 2.70. The Hall–Kier alpha value is -0.620. The third-order valence-electron chi connectivity index (χ3n) is 1.90. The molecular weight excluding hydrogens is 225 g/mol. The zero-order chi connectivity index (χ0) is 11.3. The van der Waals surface area contributed by atoms with Crippen LogP contribution >= 0.6 is 11.3 Å². The van der Waals surface area contributed by atoms with E-state index in [4.69, 9.17) is 0 Å². The van der Waals surface area contributed by atoms with Gasteiger partial charge in [-0.3, -0.25) is 0 Å². The minimum atomic E-state index is -4.21. The van der Waals surface area contributed by atoms with Gasteiger partial charge in [0.25, 0.3) is 0 Å². The number of nitrogens with zero attached hydrogens (tertiary/aromatic N) is 1. The van der Waals surface area contributed by atoms with Gasteiger partial charge in [-0.15, -0.1) is 11.3 Å². The molecule has 1 rings (SSSR count). The lowest BCUT2D eigenvalue weighted by Crippen LogP contribution is -2.44. The minimum absolute atomic E-state index is 0.0822. The molecule has 1 aromatic heterocycles. The molecule has 0 bridgehead atoms. The Bertz CT molecular complexity index is 271. The molecule has 0 aliphatic carbocycles. The maximum atomic E-state index is 12.5. The highest BCUT2D eigenvalue weighted by atomic mass is 32.1. The Labute approximate surface area is 90.5 Å². The van der Waals surface area contributed by atoms with Gasteiger partial charge in [-0.1, -0.05) is 6.92 Å². The molecule has 15 heavy (non-hydrogen) atoms. The van der Waals surface area contributed by atoms with Crippen molar-refractivity contribution in [1.82, 2.24) is 10.3 Å². The maximum Gasteiger partial charge on any atom is 0.404 e. The lowest BCUT2D eigenvalue weighted by molar-refractivity contribution is -0.155. The van der Waals surface area contributed by atoms with E-state index >= 15 is 0 Å². The van der Waals surface area contributed by atoms with Crippen LogP contribution in [0.2, 0.25) is 0 Å². The number of aromatic nitrogens is 1. The van der Waals surface area contributed by atoms with Crippen LogP contribution in [0.3, 0.4) is 0 Å². The second-order valence-electron chi connectivity index (χ2n) is 3.18. The van der Waals surface area contributed by atoms with E-state index in [0.29, 0.717) is 18.0 Å². The molecule has 0 radical (unpaired) electrons. The van der Waals surface area contributed by atoms with E-state index in [2.05, 4.69) is 10.3 Å². The van der Waals surface area contributed by atoms with Gasteiger partial charge in [0.15, 0.2) is 0 Å².